The van der Waals surface area contributed by atoms with Gasteiger partial charge in [0, 0.05) is 25.9 Å². The van der Waals surface area contributed by atoms with Gasteiger partial charge in [-0.05, 0) is 24.5 Å². The number of ether oxygens (including phenoxy) is 1. The number of methoxy groups -OCH3 is 1. The second kappa shape index (κ2) is 5.31. The van der Waals surface area contributed by atoms with Crippen LogP contribution in [0.5, 0.6) is 0 Å². The van der Waals surface area contributed by atoms with E-state index in [1.54, 1.807) is 13.2 Å². The van der Waals surface area contributed by atoms with Crippen molar-refractivity contribution < 1.29 is 13.2 Å². The van der Waals surface area contributed by atoms with Gasteiger partial charge in [-0.2, -0.15) is 0 Å². The van der Waals surface area contributed by atoms with E-state index < -0.39 is 10.0 Å². The molecule has 7 heteroatoms. The fourth-order valence-corrected chi connectivity index (χ4v) is 3.02. The van der Waals surface area contributed by atoms with Crippen molar-refractivity contribution in [3.63, 3.8) is 0 Å². The van der Waals surface area contributed by atoms with Gasteiger partial charge in [0.1, 0.15) is 0 Å². The van der Waals surface area contributed by atoms with E-state index in [9.17, 15) is 8.42 Å². The van der Waals surface area contributed by atoms with Gasteiger partial charge in [0.2, 0.25) is 0 Å². The molecule has 0 bridgehead atoms. The Bertz CT molecular complexity index is 495. The second-order valence-corrected chi connectivity index (χ2v) is 6.02. The molecular weight excluding hydrogens is 254 g/mol. The smallest absolute Gasteiger partial charge is 0.258 e. The quantitative estimate of drug-likeness (QED) is 0.786. The van der Waals surface area contributed by atoms with Crippen molar-refractivity contribution in [3.05, 3.63) is 23.9 Å². The molecule has 1 aliphatic rings. The van der Waals surface area contributed by atoms with Crippen LogP contribution < -0.4 is 10.5 Å². The highest BCUT2D eigenvalue weighted by Gasteiger charge is 2.33. The molecule has 1 heterocycles. The Balaban J connectivity index is 2.02. The largest absolute Gasteiger partial charge is 0.381 e. The topological polar surface area (TPSA) is 94.3 Å². The van der Waals surface area contributed by atoms with Crippen molar-refractivity contribution in [3.8, 4) is 0 Å². The Labute approximate surface area is 107 Å². The first kappa shape index (κ1) is 13.4. The highest BCUT2D eigenvalue weighted by atomic mass is 32.2. The molecule has 3 N–H and O–H groups in total. The summed E-state index contributed by atoms with van der Waals surface area (Å²) in [5.41, 5.74) is 6.23. The third-order valence-corrected chi connectivity index (χ3v) is 4.49. The van der Waals surface area contributed by atoms with Gasteiger partial charge in [0.15, 0.2) is 5.03 Å². The second-order valence-electron chi connectivity index (χ2n) is 4.36. The first-order valence-electron chi connectivity index (χ1n) is 5.75. The van der Waals surface area contributed by atoms with E-state index in [0.717, 1.165) is 5.56 Å². The number of hydrogen-bond donors (Lipinski definition) is 2. The molecule has 1 saturated carbocycles. The van der Waals surface area contributed by atoms with Crippen LogP contribution in [0.3, 0.4) is 0 Å². The monoisotopic (exact) mass is 271 g/mol. The lowest BCUT2D eigenvalue weighted by Gasteiger charge is -2.34. The minimum atomic E-state index is -3.53. The van der Waals surface area contributed by atoms with Crippen molar-refractivity contribution in [1.29, 1.82) is 0 Å². The minimum absolute atomic E-state index is 0.0283. The van der Waals surface area contributed by atoms with Crippen molar-refractivity contribution in [1.82, 2.24) is 9.71 Å². The Morgan fingerprint density at radius 1 is 1.50 bits per heavy atom. The maximum Gasteiger partial charge on any atom is 0.258 e. The summed E-state index contributed by atoms with van der Waals surface area (Å²) in [7, 11) is -1.91. The fraction of sp³-hybridized carbons (Fsp3) is 0.545. The van der Waals surface area contributed by atoms with Gasteiger partial charge in [-0.3, -0.25) is 0 Å². The lowest BCUT2D eigenvalue weighted by atomic mass is 9.90. The lowest BCUT2D eigenvalue weighted by Crippen LogP contribution is -2.47. The first-order chi connectivity index (χ1) is 8.55. The highest BCUT2D eigenvalue weighted by molar-refractivity contribution is 7.89. The van der Waals surface area contributed by atoms with Crippen molar-refractivity contribution in [2.45, 2.75) is 36.6 Å². The third kappa shape index (κ3) is 2.86. The maximum absolute atomic E-state index is 12.0. The first-order valence-corrected chi connectivity index (χ1v) is 7.23. The lowest BCUT2D eigenvalue weighted by molar-refractivity contribution is 0.0236. The summed E-state index contributed by atoms with van der Waals surface area (Å²) in [6.07, 6.45) is 3.05. The molecule has 1 aliphatic carbocycles. The molecule has 2 rings (SSSR count). The molecular formula is C11H17N3O3S. The molecule has 0 atom stereocenters. The highest BCUT2D eigenvalue weighted by Crippen LogP contribution is 2.24. The Morgan fingerprint density at radius 3 is 2.72 bits per heavy atom. The van der Waals surface area contributed by atoms with Crippen LogP contribution in [0.2, 0.25) is 0 Å². The number of pyridine rings is 1. The van der Waals surface area contributed by atoms with Crippen LogP contribution >= 0.6 is 0 Å². The van der Waals surface area contributed by atoms with E-state index in [0.29, 0.717) is 19.4 Å². The number of nitrogens with two attached hydrogens (primary N) is 1. The van der Waals surface area contributed by atoms with Crippen LogP contribution in [0, 0.1) is 0 Å². The van der Waals surface area contributed by atoms with Crippen LogP contribution in [0.4, 0.5) is 0 Å². The van der Waals surface area contributed by atoms with Crippen molar-refractivity contribution >= 4 is 10.0 Å². The zero-order valence-electron chi connectivity index (χ0n) is 10.2. The Kier molecular flexibility index (Phi) is 3.96. The maximum atomic E-state index is 12.0. The predicted octanol–water partition coefficient (Wildman–Crippen LogP) is -0.00400. The van der Waals surface area contributed by atoms with Crippen molar-refractivity contribution in [2.24, 2.45) is 5.73 Å². The summed E-state index contributed by atoms with van der Waals surface area (Å²) in [6, 6.07) is 3.08. The molecule has 100 valence electrons. The zero-order valence-corrected chi connectivity index (χ0v) is 11.0. The third-order valence-electron chi connectivity index (χ3n) is 3.06. The summed E-state index contributed by atoms with van der Waals surface area (Å²) < 4.78 is 31.7. The minimum Gasteiger partial charge on any atom is -0.381 e. The molecule has 1 aromatic rings. The molecule has 6 nitrogen and oxygen atoms in total. The van der Waals surface area contributed by atoms with Crippen LogP contribution in [0.25, 0.3) is 0 Å². The van der Waals surface area contributed by atoms with Gasteiger partial charge in [-0.1, -0.05) is 6.07 Å². The van der Waals surface area contributed by atoms with Gasteiger partial charge in [0.05, 0.1) is 6.10 Å². The van der Waals surface area contributed by atoms with Crippen LogP contribution in [0.1, 0.15) is 18.4 Å². The molecule has 0 spiro atoms. The van der Waals surface area contributed by atoms with Crippen LogP contribution in [-0.4, -0.2) is 32.7 Å². The standard InChI is InChI=1S/C11H17N3O3S/c1-17-10-4-9(5-10)14-18(15,16)11-3-2-8(6-12)7-13-11/h2-3,7,9-10,14H,4-6,12H2,1H3. The Morgan fingerprint density at radius 2 is 2.22 bits per heavy atom. The number of aromatic nitrogens is 1. The molecule has 0 unspecified atom stereocenters. The summed E-state index contributed by atoms with van der Waals surface area (Å²) in [5, 5.41) is 0.0283. The number of sulfonamides is 1. The summed E-state index contributed by atoms with van der Waals surface area (Å²) >= 11 is 0. The van der Waals surface area contributed by atoms with E-state index in [4.69, 9.17) is 10.5 Å². The molecule has 1 fully saturated rings. The molecule has 18 heavy (non-hydrogen) atoms. The molecule has 0 saturated heterocycles. The van der Waals surface area contributed by atoms with E-state index in [2.05, 4.69) is 9.71 Å². The van der Waals surface area contributed by atoms with Gasteiger partial charge in [-0.15, -0.1) is 0 Å². The Hall–Kier alpha value is -1.02. The number of hydrogen-bond acceptors (Lipinski definition) is 5. The van der Waals surface area contributed by atoms with E-state index in [-0.39, 0.29) is 17.2 Å². The molecule has 1 aromatic heterocycles. The zero-order chi connectivity index (χ0) is 13.2. The average molecular weight is 271 g/mol. The molecule has 0 radical (unpaired) electrons. The van der Waals surface area contributed by atoms with Crippen LogP contribution in [0.15, 0.2) is 23.4 Å². The van der Waals surface area contributed by atoms with Crippen LogP contribution in [-0.2, 0) is 21.3 Å². The average Bonchev–Trinajstić information content (AvgIpc) is 2.33. The van der Waals surface area contributed by atoms with E-state index >= 15 is 0 Å². The number of nitrogens with one attached hydrogen (secondary N) is 1. The summed E-state index contributed by atoms with van der Waals surface area (Å²) in [5.74, 6) is 0. The molecule has 0 amide bonds. The van der Waals surface area contributed by atoms with Gasteiger partial charge in [-0.25, -0.2) is 18.1 Å². The number of nitrogens with zero attached hydrogens (tertiary/aromatic N) is 1. The van der Waals surface area contributed by atoms with Crippen molar-refractivity contribution in [2.75, 3.05) is 7.11 Å². The summed E-state index contributed by atoms with van der Waals surface area (Å²) in [4.78, 5) is 3.91. The van der Waals surface area contributed by atoms with E-state index in [1.165, 1.54) is 12.3 Å². The molecule has 0 aliphatic heterocycles. The van der Waals surface area contributed by atoms with Gasteiger partial charge >= 0.3 is 0 Å². The predicted molar refractivity (Wildman–Crippen MR) is 66.3 cm³/mol. The molecule has 0 aromatic carbocycles. The van der Waals surface area contributed by atoms with Gasteiger partial charge in [0.25, 0.3) is 10.0 Å². The summed E-state index contributed by atoms with van der Waals surface area (Å²) in [6.45, 7) is 0.346. The SMILES string of the molecule is COC1CC(NS(=O)(=O)c2ccc(CN)cn2)C1. The fourth-order valence-electron chi connectivity index (χ4n) is 1.82. The van der Waals surface area contributed by atoms with Gasteiger partial charge < -0.3 is 10.5 Å². The van der Waals surface area contributed by atoms with E-state index in [1.807, 2.05) is 0 Å². The normalized spacial score (nSPS) is 23.7. The number of rotatable bonds is 5.